The van der Waals surface area contributed by atoms with E-state index >= 15 is 0 Å². The van der Waals surface area contributed by atoms with E-state index in [2.05, 4.69) is 25.7 Å². The summed E-state index contributed by atoms with van der Waals surface area (Å²) >= 11 is 0. The van der Waals surface area contributed by atoms with Crippen LogP contribution in [0.15, 0.2) is 12.1 Å². The highest BCUT2D eigenvalue weighted by molar-refractivity contribution is 5.63. The van der Waals surface area contributed by atoms with Gasteiger partial charge < -0.3 is 19.3 Å². The Morgan fingerprint density at radius 2 is 2.03 bits per heavy atom. The molecule has 7 aliphatic rings. The molecular formula is C30H43NO4. The summed E-state index contributed by atoms with van der Waals surface area (Å²) in [6.45, 7) is 7.34. The van der Waals surface area contributed by atoms with Crippen molar-refractivity contribution in [2.24, 2.45) is 22.7 Å². The largest absolute Gasteiger partial charge is 0.493 e. The number of hydrogen-bond donors (Lipinski definition) is 1. The number of rotatable bonds is 5. The van der Waals surface area contributed by atoms with Crippen LogP contribution >= 0.6 is 0 Å². The fourth-order valence-corrected chi connectivity index (χ4v) is 9.31. The molecular weight excluding hydrogens is 438 g/mol. The van der Waals surface area contributed by atoms with Crippen LogP contribution in [-0.4, -0.2) is 60.5 Å². The van der Waals surface area contributed by atoms with Crippen LogP contribution in [-0.2, 0) is 16.6 Å². The van der Waals surface area contributed by atoms with Gasteiger partial charge in [0.2, 0.25) is 0 Å². The standard InChI is InChI=1S/C30H43NO4/c1-26(2,3)27(4,32)21-16-28-11-12-30(21,34-6)25-29(28)13-14-31(17-18-7-8-18)22(28)15-19-9-10-20(33-5)24(35-25)23(19)29/h9-10,18,21-22,25,32H,7-8,11-17H2,1-6H3/t21-,22-,25-,27+,28-,29+,30-/m1/s1/i5D3,17D2. The quantitative estimate of drug-likeness (QED) is 0.653. The van der Waals surface area contributed by atoms with Crippen molar-refractivity contribution in [2.75, 3.05) is 27.2 Å². The molecule has 7 atom stereocenters. The van der Waals surface area contributed by atoms with Crippen molar-refractivity contribution >= 4 is 0 Å². The average Bonchev–Trinajstić information content (AvgIpc) is 3.64. The summed E-state index contributed by atoms with van der Waals surface area (Å²) in [5.41, 5.74) is -0.992. The minimum Gasteiger partial charge on any atom is -0.493 e. The van der Waals surface area contributed by atoms with Crippen LogP contribution in [0.3, 0.4) is 0 Å². The summed E-state index contributed by atoms with van der Waals surface area (Å²) in [4.78, 5) is 2.18. The van der Waals surface area contributed by atoms with Crippen LogP contribution in [0.1, 0.15) is 84.2 Å². The maximum atomic E-state index is 12.3. The lowest BCUT2D eigenvalue weighted by molar-refractivity contribution is -0.312. The SMILES string of the molecule is [2H]C([2H])([2H])Oc1ccc2c3c1O[C@H]1[C@@]4(OC)CC[C@@]5(C[C@@H]4[C@](C)(O)C(C)(C)C)[C@@H](C2)N(C([2H])([2H])C2CC2)CC[C@]315. The highest BCUT2D eigenvalue weighted by Crippen LogP contribution is 2.78. The van der Waals surface area contributed by atoms with Crippen LogP contribution < -0.4 is 9.47 Å². The van der Waals surface area contributed by atoms with Gasteiger partial charge in [-0.1, -0.05) is 26.8 Å². The van der Waals surface area contributed by atoms with Gasteiger partial charge in [0.15, 0.2) is 11.5 Å². The van der Waals surface area contributed by atoms with E-state index in [0.717, 1.165) is 30.4 Å². The topological polar surface area (TPSA) is 51.2 Å². The van der Waals surface area contributed by atoms with E-state index < -0.39 is 41.7 Å². The Labute approximate surface area is 217 Å². The Bertz CT molecular complexity index is 1260. The van der Waals surface area contributed by atoms with Gasteiger partial charge in [0, 0.05) is 44.7 Å². The Hall–Kier alpha value is -1.30. The molecule has 4 saturated carbocycles. The average molecular weight is 487 g/mol. The van der Waals surface area contributed by atoms with Crippen LogP contribution in [0.25, 0.3) is 0 Å². The molecule has 5 fully saturated rings. The number of likely N-dealkylation sites (tertiary alicyclic amines) is 1. The maximum absolute atomic E-state index is 12.3. The first-order valence-electron chi connectivity index (χ1n) is 16.0. The van der Waals surface area contributed by atoms with E-state index in [9.17, 15) is 7.85 Å². The van der Waals surface area contributed by atoms with Gasteiger partial charge in [0.25, 0.3) is 0 Å². The molecule has 2 aliphatic heterocycles. The molecule has 2 heterocycles. The van der Waals surface area contributed by atoms with Crippen molar-refractivity contribution < 1.29 is 26.2 Å². The molecule has 1 aromatic carbocycles. The van der Waals surface area contributed by atoms with Crippen LogP contribution in [0.4, 0.5) is 0 Å². The van der Waals surface area contributed by atoms with Gasteiger partial charge in [-0.15, -0.1) is 0 Å². The predicted octanol–water partition coefficient (Wildman–Crippen LogP) is 4.72. The minimum atomic E-state index is -2.62. The Morgan fingerprint density at radius 1 is 1.23 bits per heavy atom. The fraction of sp³-hybridized carbons (Fsp3) is 0.800. The highest BCUT2D eigenvalue weighted by Gasteiger charge is 2.82. The first-order chi connectivity index (χ1) is 18.5. The number of fused-ring (bicyclic) bond motifs is 2. The Balaban J connectivity index is 1.48. The fourth-order valence-electron chi connectivity index (χ4n) is 9.31. The van der Waals surface area contributed by atoms with E-state index in [1.807, 2.05) is 13.0 Å². The van der Waals surface area contributed by atoms with Crippen molar-refractivity contribution in [1.82, 2.24) is 4.90 Å². The molecule has 1 N–H and O–H groups in total. The van der Waals surface area contributed by atoms with Gasteiger partial charge >= 0.3 is 0 Å². The molecule has 1 aromatic rings. The molecule has 4 bridgehead atoms. The number of ether oxygens (including phenoxy) is 3. The number of benzene rings is 1. The molecule has 2 spiro atoms. The number of hydrogen-bond acceptors (Lipinski definition) is 5. The third-order valence-corrected chi connectivity index (χ3v) is 11.6. The zero-order valence-corrected chi connectivity index (χ0v) is 21.7. The van der Waals surface area contributed by atoms with Gasteiger partial charge in [-0.3, -0.25) is 4.90 Å². The van der Waals surface area contributed by atoms with Gasteiger partial charge in [-0.05, 0) is 81.4 Å². The predicted molar refractivity (Wildman–Crippen MR) is 135 cm³/mol. The van der Waals surface area contributed by atoms with Gasteiger partial charge in [-0.25, -0.2) is 0 Å². The Kier molecular flexibility index (Phi) is 3.49. The van der Waals surface area contributed by atoms with Crippen molar-refractivity contribution in [3.8, 4) is 11.5 Å². The smallest absolute Gasteiger partial charge is 0.165 e. The molecule has 1 saturated heterocycles. The van der Waals surface area contributed by atoms with Crippen LogP contribution in [0.2, 0.25) is 0 Å². The second kappa shape index (κ2) is 6.76. The van der Waals surface area contributed by atoms with Crippen LogP contribution in [0.5, 0.6) is 11.5 Å². The zero-order valence-electron chi connectivity index (χ0n) is 26.7. The monoisotopic (exact) mass is 486 g/mol. The molecule has 8 rings (SSSR count). The van der Waals surface area contributed by atoms with E-state index in [1.54, 1.807) is 13.2 Å². The van der Waals surface area contributed by atoms with Crippen LogP contribution in [0, 0.1) is 22.7 Å². The van der Waals surface area contributed by atoms with E-state index in [4.69, 9.17) is 18.3 Å². The molecule has 0 aromatic heterocycles. The maximum Gasteiger partial charge on any atom is 0.165 e. The lowest BCUT2D eigenvalue weighted by atomic mass is 9.33. The second-order valence-corrected chi connectivity index (χ2v) is 13.5. The van der Waals surface area contributed by atoms with Gasteiger partial charge in [0.1, 0.15) is 11.7 Å². The molecule has 192 valence electrons. The first kappa shape index (κ1) is 18.0. The van der Waals surface area contributed by atoms with Crippen molar-refractivity contribution in [2.45, 2.75) is 101 Å². The first-order valence-corrected chi connectivity index (χ1v) is 13.5. The van der Waals surface area contributed by atoms with Crippen molar-refractivity contribution in [3.05, 3.63) is 23.3 Å². The molecule has 5 heteroatoms. The van der Waals surface area contributed by atoms with E-state index in [1.165, 1.54) is 0 Å². The molecule has 5 nitrogen and oxygen atoms in total. The summed E-state index contributed by atoms with van der Waals surface area (Å²) < 4.78 is 61.1. The molecule has 35 heavy (non-hydrogen) atoms. The summed E-state index contributed by atoms with van der Waals surface area (Å²) in [5, 5.41) is 12.3. The lowest BCUT2D eigenvalue weighted by Gasteiger charge is -2.75. The summed E-state index contributed by atoms with van der Waals surface area (Å²) in [6.07, 6.45) is 5.03. The lowest BCUT2D eigenvalue weighted by Crippen LogP contribution is -2.83. The van der Waals surface area contributed by atoms with Crippen molar-refractivity contribution in [3.63, 3.8) is 0 Å². The number of nitrogens with zero attached hydrogens (tertiary/aromatic N) is 1. The zero-order chi connectivity index (χ0) is 28.9. The molecule has 5 aliphatic carbocycles. The summed E-state index contributed by atoms with van der Waals surface area (Å²) in [5.74, 6) is 0.546. The van der Waals surface area contributed by atoms with Crippen molar-refractivity contribution in [1.29, 1.82) is 0 Å². The van der Waals surface area contributed by atoms with Gasteiger partial charge in [0.05, 0.1) is 16.8 Å². The molecule has 0 radical (unpaired) electrons. The summed E-state index contributed by atoms with van der Waals surface area (Å²) in [6, 6.07) is 3.64. The number of methoxy groups -OCH3 is 2. The normalized spacial score (nSPS) is 45.8. The molecule has 0 amide bonds. The minimum absolute atomic E-state index is 0.0517. The van der Waals surface area contributed by atoms with Gasteiger partial charge in [-0.2, -0.15) is 0 Å². The molecule has 0 unspecified atom stereocenters. The number of aliphatic hydroxyl groups is 1. The van der Waals surface area contributed by atoms with E-state index in [-0.39, 0.29) is 29.0 Å². The highest BCUT2D eigenvalue weighted by atomic mass is 16.6. The Morgan fingerprint density at radius 3 is 2.71 bits per heavy atom. The van der Waals surface area contributed by atoms with E-state index in [0.29, 0.717) is 38.0 Å². The summed E-state index contributed by atoms with van der Waals surface area (Å²) in [7, 11) is -0.885. The third-order valence-electron chi connectivity index (χ3n) is 11.6. The third kappa shape index (κ3) is 2.47. The second-order valence-electron chi connectivity index (χ2n) is 13.5. The number of piperidine rings is 1.